The van der Waals surface area contributed by atoms with Gasteiger partial charge < -0.3 is 25.0 Å². The van der Waals surface area contributed by atoms with E-state index in [9.17, 15) is 0 Å². The van der Waals surface area contributed by atoms with Crippen LogP contribution in [-0.4, -0.2) is 76.6 Å². The number of nitrogens with one attached hydrogen (secondary N) is 2. The van der Waals surface area contributed by atoms with E-state index in [4.69, 9.17) is 14.5 Å². The van der Waals surface area contributed by atoms with Crippen LogP contribution in [0.25, 0.3) is 0 Å². The van der Waals surface area contributed by atoms with Crippen LogP contribution in [0.15, 0.2) is 4.99 Å². The number of hydrogen-bond donors (Lipinski definition) is 2. The van der Waals surface area contributed by atoms with Gasteiger partial charge in [0.15, 0.2) is 5.96 Å². The first-order valence-electron chi connectivity index (χ1n) is 10.7. The molecule has 1 aliphatic heterocycles. The van der Waals surface area contributed by atoms with Gasteiger partial charge in [-0.2, -0.15) is 0 Å². The van der Waals surface area contributed by atoms with Crippen molar-refractivity contribution >= 4 is 29.9 Å². The molecule has 6 nitrogen and oxygen atoms in total. The lowest BCUT2D eigenvalue weighted by Crippen LogP contribution is -2.39. The van der Waals surface area contributed by atoms with E-state index in [1.54, 1.807) is 0 Å². The number of halogens is 1. The lowest BCUT2D eigenvalue weighted by Gasteiger charge is -2.30. The first-order valence-corrected chi connectivity index (χ1v) is 10.7. The van der Waals surface area contributed by atoms with Crippen molar-refractivity contribution in [1.29, 1.82) is 0 Å². The average Bonchev–Trinajstić information content (AvgIpc) is 2.67. The summed E-state index contributed by atoms with van der Waals surface area (Å²) in [7, 11) is 0. The van der Waals surface area contributed by atoms with E-state index in [2.05, 4.69) is 36.3 Å². The van der Waals surface area contributed by atoms with Gasteiger partial charge in [-0.1, -0.05) is 20.3 Å². The number of hydrogen-bond acceptors (Lipinski definition) is 4. The Balaban J connectivity index is 0.00000676. The number of ether oxygens (including phenoxy) is 2. The summed E-state index contributed by atoms with van der Waals surface area (Å²) in [5, 5.41) is 6.66. The quantitative estimate of drug-likeness (QED) is 0.167. The maximum atomic E-state index is 5.59. The van der Waals surface area contributed by atoms with Gasteiger partial charge in [-0.15, -0.1) is 24.0 Å². The molecule has 27 heavy (non-hydrogen) atoms. The Morgan fingerprint density at radius 1 is 1.00 bits per heavy atom. The Morgan fingerprint density at radius 3 is 2.33 bits per heavy atom. The molecular formula is C20H43IN4O2. The minimum absolute atomic E-state index is 0. The van der Waals surface area contributed by atoms with Crippen LogP contribution in [-0.2, 0) is 9.47 Å². The second kappa shape index (κ2) is 19.2. The topological polar surface area (TPSA) is 58.1 Å². The van der Waals surface area contributed by atoms with Crippen molar-refractivity contribution in [3.63, 3.8) is 0 Å². The summed E-state index contributed by atoms with van der Waals surface area (Å²) in [6.45, 7) is 15.6. The normalized spacial score (nSPS) is 16.2. The number of aliphatic imine (C=N–C) groups is 1. The number of unbranched alkanes of at least 4 members (excludes halogenated alkanes) is 1. The van der Waals surface area contributed by atoms with Crippen LogP contribution in [0.4, 0.5) is 0 Å². The lowest BCUT2D eigenvalue weighted by molar-refractivity contribution is 0.0487. The van der Waals surface area contributed by atoms with Crippen LogP contribution in [0.1, 0.15) is 52.9 Å². The Hall–Kier alpha value is -0.120. The van der Waals surface area contributed by atoms with E-state index in [0.29, 0.717) is 19.8 Å². The van der Waals surface area contributed by atoms with Crippen LogP contribution in [0, 0.1) is 5.92 Å². The van der Waals surface area contributed by atoms with E-state index in [1.807, 2.05) is 0 Å². The van der Waals surface area contributed by atoms with Crippen molar-refractivity contribution in [3.8, 4) is 0 Å². The predicted molar refractivity (Wildman–Crippen MR) is 125 cm³/mol. The highest BCUT2D eigenvalue weighted by atomic mass is 127. The molecule has 0 amide bonds. The molecule has 0 aromatic carbocycles. The molecule has 162 valence electrons. The van der Waals surface area contributed by atoms with Crippen LogP contribution in [0.5, 0.6) is 0 Å². The van der Waals surface area contributed by atoms with E-state index in [0.717, 1.165) is 44.5 Å². The SMILES string of the molecule is CCCCOCCOCCNC(=NCCC1CCN(CC)CC1)NCC.I. The summed E-state index contributed by atoms with van der Waals surface area (Å²) in [4.78, 5) is 7.26. The van der Waals surface area contributed by atoms with Gasteiger partial charge in [-0.3, -0.25) is 4.99 Å². The van der Waals surface area contributed by atoms with Crippen LogP contribution in [0.2, 0.25) is 0 Å². The summed E-state index contributed by atoms with van der Waals surface area (Å²) in [5.74, 6) is 1.74. The molecule has 7 heteroatoms. The molecule has 2 N–H and O–H groups in total. The predicted octanol–water partition coefficient (Wildman–Crippen LogP) is 3.11. The van der Waals surface area contributed by atoms with Crippen LogP contribution in [0.3, 0.4) is 0 Å². The molecule has 0 bridgehead atoms. The van der Waals surface area contributed by atoms with Gasteiger partial charge in [0, 0.05) is 26.2 Å². The zero-order valence-electron chi connectivity index (χ0n) is 17.8. The Bertz CT molecular complexity index is 351. The highest BCUT2D eigenvalue weighted by Gasteiger charge is 2.17. The van der Waals surface area contributed by atoms with Crippen LogP contribution >= 0.6 is 24.0 Å². The standard InChI is InChI=1S/C20H42N4O2.HI/c1-4-7-15-25-17-18-26-16-12-23-20(21-5-2)22-11-8-19-9-13-24(6-3)14-10-19;/h19H,4-18H2,1-3H3,(H2,21,22,23);1H. The number of likely N-dealkylation sites (tertiary alicyclic amines) is 1. The van der Waals surface area contributed by atoms with Crippen molar-refractivity contribution in [2.45, 2.75) is 52.9 Å². The summed E-state index contributed by atoms with van der Waals surface area (Å²) in [5.41, 5.74) is 0. The lowest BCUT2D eigenvalue weighted by atomic mass is 9.94. The van der Waals surface area contributed by atoms with Gasteiger partial charge >= 0.3 is 0 Å². The molecule has 0 aromatic rings. The molecule has 0 radical (unpaired) electrons. The zero-order chi connectivity index (χ0) is 18.9. The van der Waals surface area contributed by atoms with Gasteiger partial charge in [-0.05, 0) is 58.2 Å². The molecule has 0 unspecified atom stereocenters. The Morgan fingerprint density at radius 2 is 1.70 bits per heavy atom. The minimum atomic E-state index is 0. The summed E-state index contributed by atoms with van der Waals surface area (Å²) >= 11 is 0. The highest BCUT2D eigenvalue weighted by Crippen LogP contribution is 2.19. The molecule has 0 aliphatic carbocycles. The van der Waals surface area contributed by atoms with Crippen molar-refractivity contribution in [3.05, 3.63) is 0 Å². The van der Waals surface area contributed by atoms with Crippen molar-refractivity contribution in [1.82, 2.24) is 15.5 Å². The molecule has 0 aromatic heterocycles. The van der Waals surface area contributed by atoms with E-state index in [-0.39, 0.29) is 24.0 Å². The summed E-state index contributed by atoms with van der Waals surface area (Å²) in [6.07, 6.45) is 6.14. The average molecular weight is 498 g/mol. The van der Waals surface area contributed by atoms with Crippen molar-refractivity contribution < 1.29 is 9.47 Å². The van der Waals surface area contributed by atoms with E-state index < -0.39 is 0 Å². The number of rotatable bonds is 14. The van der Waals surface area contributed by atoms with Gasteiger partial charge in [0.05, 0.1) is 19.8 Å². The highest BCUT2D eigenvalue weighted by molar-refractivity contribution is 14.0. The largest absolute Gasteiger partial charge is 0.379 e. The molecule has 1 heterocycles. The third-order valence-electron chi connectivity index (χ3n) is 4.86. The molecule has 0 saturated carbocycles. The third kappa shape index (κ3) is 14.5. The molecule has 1 aliphatic rings. The first kappa shape index (κ1) is 26.9. The van der Waals surface area contributed by atoms with Gasteiger partial charge in [0.1, 0.15) is 0 Å². The fraction of sp³-hybridized carbons (Fsp3) is 0.950. The Labute approximate surface area is 184 Å². The second-order valence-electron chi connectivity index (χ2n) is 6.93. The minimum Gasteiger partial charge on any atom is -0.379 e. The van der Waals surface area contributed by atoms with E-state index >= 15 is 0 Å². The van der Waals surface area contributed by atoms with Crippen molar-refractivity contribution in [2.75, 3.05) is 65.7 Å². The number of piperidine rings is 1. The van der Waals surface area contributed by atoms with Gasteiger partial charge in [0.25, 0.3) is 0 Å². The van der Waals surface area contributed by atoms with Crippen molar-refractivity contribution in [2.24, 2.45) is 10.9 Å². The molecule has 0 atom stereocenters. The van der Waals surface area contributed by atoms with E-state index in [1.165, 1.54) is 45.3 Å². The van der Waals surface area contributed by atoms with Gasteiger partial charge in [0.2, 0.25) is 0 Å². The van der Waals surface area contributed by atoms with Crippen LogP contribution < -0.4 is 10.6 Å². The second-order valence-corrected chi connectivity index (χ2v) is 6.93. The Kier molecular flexibility index (Phi) is 19.1. The maximum absolute atomic E-state index is 5.59. The zero-order valence-corrected chi connectivity index (χ0v) is 20.1. The number of nitrogens with zero attached hydrogens (tertiary/aromatic N) is 2. The maximum Gasteiger partial charge on any atom is 0.191 e. The molecule has 1 fully saturated rings. The third-order valence-corrected chi connectivity index (χ3v) is 4.86. The molecular weight excluding hydrogens is 455 g/mol. The molecule has 0 spiro atoms. The summed E-state index contributed by atoms with van der Waals surface area (Å²) in [6, 6.07) is 0. The molecule has 1 rings (SSSR count). The number of guanidine groups is 1. The fourth-order valence-electron chi connectivity index (χ4n) is 3.10. The fourth-order valence-corrected chi connectivity index (χ4v) is 3.10. The van der Waals surface area contributed by atoms with Gasteiger partial charge in [-0.25, -0.2) is 0 Å². The summed E-state index contributed by atoms with van der Waals surface area (Å²) < 4.78 is 11.1. The molecule has 1 saturated heterocycles. The smallest absolute Gasteiger partial charge is 0.191 e. The first-order chi connectivity index (χ1) is 12.8. The monoisotopic (exact) mass is 498 g/mol.